The van der Waals surface area contributed by atoms with Crippen LogP contribution in [0.3, 0.4) is 0 Å². The first kappa shape index (κ1) is 12.9. The summed E-state index contributed by atoms with van der Waals surface area (Å²) in [4.78, 5) is 0. The second-order valence-electron chi connectivity index (χ2n) is 3.55. The Bertz CT molecular complexity index is 137. The van der Waals surface area contributed by atoms with Crippen LogP contribution < -0.4 is 0 Å². The van der Waals surface area contributed by atoms with Crippen LogP contribution in [0.1, 0.15) is 12.8 Å². The predicted molar refractivity (Wildman–Crippen MR) is 53.7 cm³/mol. The SMILES string of the molecule is OCCOCC1CCC(COCCO)O1. The Morgan fingerprint density at radius 3 is 1.80 bits per heavy atom. The molecule has 1 aliphatic heterocycles. The van der Waals surface area contributed by atoms with E-state index >= 15 is 0 Å². The van der Waals surface area contributed by atoms with E-state index < -0.39 is 0 Å². The second kappa shape index (κ2) is 8.01. The van der Waals surface area contributed by atoms with Crippen molar-refractivity contribution in [1.82, 2.24) is 0 Å². The third kappa shape index (κ3) is 5.44. The average molecular weight is 220 g/mol. The van der Waals surface area contributed by atoms with E-state index in [1.54, 1.807) is 0 Å². The van der Waals surface area contributed by atoms with Gasteiger partial charge in [-0.1, -0.05) is 0 Å². The molecule has 1 rings (SSSR count). The minimum Gasteiger partial charge on any atom is -0.394 e. The predicted octanol–water partition coefficient (Wildman–Crippen LogP) is -0.448. The maximum Gasteiger partial charge on any atom is 0.0814 e. The molecule has 2 unspecified atom stereocenters. The molecular weight excluding hydrogens is 200 g/mol. The minimum absolute atomic E-state index is 0.0513. The standard InChI is InChI=1S/C10H20O5/c11-3-5-13-7-9-1-2-10(15-9)8-14-6-4-12/h9-12H,1-8H2. The third-order valence-corrected chi connectivity index (χ3v) is 2.27. The van der Waals surface area contributed by atoms with Crippen molar-refractivity contribution >= 4 is 0 Å². The molecular formula is C10H20O5. The molecule has 1 fully saturated rings. The summed E-state index contributed by atoms with van der Waals surface area (Å²) in [6.07, 6.45) is 2.19. The van der Waals surface area contributed by atoms with Crippen LogP contribution in [0.2, 0.25) is 0 Å². The quantitative estimate of drug-likeness (QED) is 0.542. The molecule has 0 amide bonds. The van der Waals surface area contributed by atoms with Crippen LogP contribution in [-0.2, 0) is 14.2 Å². The van der Waals surface area contributed by atoms with E-state index in [1.807, 2.05) is 0 Å². The number of aliphatic hydroxyl groups excluding tert-OH is 2. The van der Waals surface area contributed by atoms with Crippen molar-refractivity contribution in [3.05, 3.63) is 0 Å². The van der Waals surface area contributed by atoms with Gasteiger partial charge in [0.1, 0.15) is 0 Å². The topological polar surface area (TPSA) is 68.2 Å². The Morgan fingerprint density at radius 1 is 0.933 bits per heavy atom. The highest BCUT2D eigenvalue weighted by Crippen LogP contribution is 2.20. The van der Waals surface area contributed by atoms with E-state index in [0.717, 1.165) is 12.8 Å². The van der Waals surface area contributed by atoms with E-state index in [2.05, 4.69) is 0 Å². The molecule has 0 saturated carbocycles. The highest BCUT2D eigenvalue weighted by molar-refractivity contribution is 4.73. The fourth-order valence-electron chi connectivity index (χ4n) is 1.58. The molecule has 0 radical (unpaired) electrons. The fraction of sp³-hybridized carbons (Fsp3) is 1.00. The Morgan fingerprint density at radius 2 is 1.40 bits per heavy atom. The summed E-state index contributed by atoms with van der Waals surface area (Å²) in [5.41, 5.74) is 0. The number of hydrogen-bond acceptors (Lipinski definition) is 5. The van der Waals surface area contributed by atoms with E-state index in [4.69, 9.17) is 24.4 Å². The first-order valence-corrected chi connectivity index (χ1v) is 5.39. The third-order valence-electron chi connectivity index (χ3n) is 2.27. The highest BCUT2D eigenvalue weighted by Gasteiger charge is 2.25. The molecule has 0 aromatic carbocycles. The van der Waals surface area contributed by atoms with Gasteiger partial charge in [0.2, 0.25) is 0 Å². The monoisotopic (exact) mass is 220 g/mol. The van der Waals surface area contributed by atoms with Crippen molar-refractivity contribution in [2.75, 3.05) is 39.6 Å². The summed E-state index contributed by atoms with van der Waals surface area (Å²) in [5, 5.41) is 17.1. The summed E-state index contributed by atoms with van der Waals surface area (Å²) in [7, 11) is 0. The minimum atomic E-state index is 0.0513. The second-order valence-corrected chi connectivity index (χ2v) is 3.55. The van der Waals surface area contributed by atoms with Crippen molar-refractivity contribution in [2.24, 2.45) is 0 Å². The molecule has 1 saturated heterocycles. The first-order chi connectivity index (χ1) is 7.36. The zero-order valence-electron chi connectivity index (χ0n) is 8.93. The number of rotatable bonds is 8. The van der Waals surface area contributed by atoms with Gasteiger partial charge in [0.05, 0.1) is 51.8 Å². The maximum absolute atomic E-state index is 8.53. The molecule has 5 heteroatoms. The van der Waals surface area contributed by atoms with E-state index in [0.29, 0.717) is 26.4 Å². The lowest BCUT2D eigenvalue weighted by Gasteiger charge is -2.13. The largest absolute Gasteiger partial charge is 0.394 e. The van der Waals surface area contributed by atoms with Crippen LogP contribution in [-0.4, -0.2) is 62.1 Å². The van der Waals surface area contributed by atoms with Crippen molar-refractivity contribution in [3.63, 3.8) is 0 Å². The Hall–Kier alpha value is -0.200. The summed E-state index contributed by atoms with van der Waals surface area (Å²) >= 11 is 0. The van der Waals surface area contributed by atoms with Gasteiger partial charge in [-0.15, -0.1) is 0 Å². The number of hydrogen-bond donors (Lipinski definition) is 2. The highest BCUT2D eigenvalue weighted by atomic mass is 16.6. The molecule has 0 bridgehead atoms. The van der Waals surface area contributed by atoms with Gasteiger partial charge in [-0.2, -0.15) is 0 Å². The van der Waals surface area contributed by atoms with Crippen molar-refractivity contribution in [3.8, 4) is 0 Å². The molecule has 1 aliphatic rings. The molecule has 15 heavy (non-hydrogen) atoms. The van der Waals surface area contributed by atoms with Crippen LogP contribution in [0, 0.1) is 0 Å². The lowest BCUT2D eigenvalue weighted by atomic mass is 10.2. The Balaban J connectivity index is 1.99. The lowest BCUT2D eigenvalue weighted by Crippen LogP contribution is -2.21. The van der Waals surface area contributed by atoms with Gasteiger partial charge < -0.3 is 24.4 Å². The smallest absolute Gasteiger partial charge is 0.0814 e. The zero-order valence-corrected chi connectivity index (χ0v) is 8.93. The molecule has 0 aromatic rings. The van der Waals surface area contributed by atoms with Gasteiger partial charge in [0.25, 0.3) is 0 Å². The van der Waals surface area contributed by atoms with Gasteiger partial charge in [-0.3, -0.25) is 0 Å². The zero-order chi connectivity index (χ0) is 10.9. The molecule has 0 aliphatic carbocycles. The number of aliphatic hydroxyl groups is 2. The van der Waals surface area contributed by atoms with Crippen molar-refractivity contribution in [2.45, 2.75) is 25.0 Å². The van der Waals surface area contributed by atoms with Crippen LogP contribution in [0.15, 0.2) is 0 Å². The maximum atomic E-state index is 8.53. The first-order valence-electron chi connectivity index (χ1n) is 5.39. The summed E-state index contributed by atoms with van der Waals surface area (Å²) in [5.74, 6) is 0. The van der Waals surface area contributed by atoms with Crippen molar-refractivity contribution in [1.29, 1.82) is 0 Å². The van der Waals surface area contributed by atoms with Gasteiger partial charge in [-0.25, -0.2) is 0 Å². The average Bonchev–Trinajstić information content (AvgIpc) is 2.67. The molecule has 0 spiro atoms. The molecule has 5 nitrogen and oxygen atoms in total. The van der Waals surface area contributed by atoms with Gasteiger partial charge in [0.15, 0.2) is 0 Å². The normalized spacial score (nSPS) is 26.0. The Kier molecular flexibility index (Phi) is 6.87. The van der Waals surface area contributed by atoms with Crippen molar-refractivity contribution < 1.29 is 24.4 Å². The summed E-state index contributed by atoms with van der Waals surface area (Å²) in [6, 6.07) is 0. The molecule has 0 aromatic heterocycles. The molecule has 1 heterocycles. The molecule has 90 valence electrons. The number of ether oxygens (including phenoxy) is 3. The van der Waals surface area contributed by atoms with Crippen LogP contribution in [0.25, 0.3) is 0 Å². The van der Waals surface area contributed by atoms with E-state index in [-0.39, 0.29) is 25.4 Å². The fourth-order valence-corrected chi connectivity index (χ4v) is 1.58. The van der Waals surface area contributed by atoms with E-state index in [9.17, 15) is 0 Å². The van der Waals surface area contributed by atoms with Crippen LogP contribution in [0.4, 0.5) is 0 Å². The van der Waals surface area contributed by atoms with E-state index in [1.165, 1.54) is 0 Å². The van der Waals surface area contributed by atoms with Crippen LogP contribution >= 0.6 is 0 Å². The lowest BCUT2D eigenvalue weighted by molar-refractivity contribution is -0.0517. The van der Waals surface area contributed by atoms with Crippen LogP contribution in [0.5, 0.6) is 0 Å². The molecule has 2 N–H and O–H groups in total. The molecule has 2 atom stereocenters. The van der Waals surface area contributed by atoms with Gasteiger partial charge in [-0.05, 0) is 12.8 Å². The summed E-state index contributed by atoms with van der Waals surface area (Å²) < 4.78 is 16.0. The summed E-state index contributed by atoms with van der Waals surface area (Å²) in [6.45, 7) is 1.91. The van der Waals surface area contributed by atoms with Gasteiger partial charge >= 0.3 is 0 Å². The Labute approximate surface area is 89.9 Å². The van der Waals surface area contributed by atoms with Gasteiger partial charge in [0, 0.05) is 0 Å².